The average Bonchev–Trinajstić information content (AvgIpc) is 3.15. The standard InChI is InChI=1S/C16H11ClF3N5OS/c1-8-3-6-27-13(8)11-9(21-2)10-12(14(17)24-7-23-10)25(11)5-4-22-15(26)16(18,19)20/h3,6-7H,4-5H2,1H3,(H,22,26). The SMILES string of the molecule is [C-]#[N+]c1c(-c2sccc2C)n(CCNC(=O)C(F)(F)F)c2c(Cl)ncnc12. The van der Waals surface area contributed by atoms with Gasteiger partial charge in [0, 0.05) is 18.0 Å². The fourth-order valence-electron chi connectivity index (χ4n) is 2.68. The molecule has 3 aromatic rings. The summed E-state index contributed by atoms with van der Waals surface area (Å²) in [4.78, 5) is 23.4. The first-order chi connectivity index (χ1) is 12.8. The normalized spacial score (nSPS) is 11.6. The molecular weight excluding hydrogens is 403 g/mol. The zero-order valence-corrected chi connectivity index (χ0v) is 15.3. The lowest BCUT2D eigenvalue weighted by atomic mass is 10.2. The van der Waals surface area contributed by atoms with E-state index in [9.17, 15) is 18.0 Å². The summed E-state index contributed by atoms with van der Waals surface area (Å²) < 4.78 is 38.8. The Kier molecular flexibility index (Phi) is 5.08. The fraction of sp³-hybridized carbons (Fsp3) is 0.250. The smallest absolute Gasteiger partial charge is 0.346 e. The highest BCUT2D eigenvalue weighted by molar-refractivity contribution is 7.13. The van der Waals surface area contributed by atoms with Gasteiger partial charge in [0.15, 0.2) is 5.15 Å². The summed E-state index contributed by atoms with van der Waals surface area (Å²) in [5, 5.41) is 3.75. The molecule has 0 aliphatic carbocycles. The van der Waals surface area contributed by atoms with Crippen molar-refractivity contribution in [3.8, 4) is 10.6 Å². The van der Waals surface area contributed by atoms with Crippen molar-refractivity contribution in [2.24, 2.45) is 0 Å². The first kappa shape index (κ1) is 19.1. The van der Waals surface area contributed by atoms with Crippen LogP contribution in [0.2, 0.25) is 5.15 Å². The van der Waals surface area contributed by atoms with Crippen LogP contribution in [0, 0.1) is 13.5 Å². The van der Waals surface area contributed by atoms with Crippen LogP contribution in [-0.2, 0) is 11.3 Å². The summed E-state index contributed by atoms with van der Waals surface area (Å²) in [6.45, 7) is 9.07. The first-order valence-electron chi connectivity index (χ1n) is 7.55. The number of alkyl halides is 3. The Bertz CT molecular complexity index is 1070. The molecule has 0 atom stereocenters. The molecule has 0 bridgehead atoms. The minimum atomic E-state index is -4.96. The molecule has 0 saturated carbocycles. The molecule has 3 heterocycles. The largest absolute Gasteiger partial charge is 0.471 e. The quantitative estimate of drug-likeness (QED) is 0.511. The second kappa shape index (κ2) is 7.17. The summed E-state index contributed by atoms with van der Waals surface area (Å²) >= 11 is 7.57. The van der Waals surface area contributed by atoms with E-state index in [1.807, 2.05) is 23.7 Å². The van der Waals surface area contributed by atoms with Gasteiger partial charge in [0.1, 0.15) is 11.8 Å². The van der Waals surface area contributed by atoms with Gasteiger partial charge in [-0.2, -0.15) is 13.2 Å². The van der Waals surface area contributed by atoms with E-state index in [1.54, 1.807) is 4.57 Å². The lowest BCUT2D eigenvalue weighted by Crippen LogP contribution is -2.38. The maximum absolute atomic E-state index is 12.4. The maximum atomic E-state index is 12.4. The van der Waals surface area contributed by atoms with Crippen LogP contribution in [0.15, 0.2) is 17.8 Å². The molecule has 0 aliphatic heterocycles. The molecule has 0 radical (unpaired) electrons. The lowest BCUT2D eigenvalue weighted by molar-refractivity contribution is -0.173. The Labute approximate surface area is 160 Å². The second-order valence-corrected chi connectivity index (χ2v) is 6.78. The Morgan fingerprint density at radius 3 is 2.78 bits per heavy atom. The molecule has 0 unspecified atom stereocenters. The molecule has 0 fully saturated rings. The van der Waals surface area contributed by atoms with Crippen LogP contribution in [0.25, 0.3) is 26.4 Å². The van der Waals surface area contributed by atoms with Crippen LogP contribution >= 0.6 is 22.9 Å². The number of hydrogen-bond donors (Lipinski definition) is 1. The predicted molar refractivity (Wildman–Crippen MR) is 95.9 cm³/mol. The highest BCUT2D eigenvalue weighted by Gasteiger charge is 2.38. The van der Waals surface area contributed by atoms with E-state index in [2.05, 4.69) is 14.8 Å². The van der Waals surface area contributed by atoms with Crippen molar-refractivity contribution < 1.29 is 18.0 Å². The number of aryl methyl sites for hydroxylation is 1. The Hall–Kier alpha value is -2.64. The molecule has 140 valence electrons. The van der Waals surface area contributed by atoms with E-state index in [-0.39, 0.29) is 23.9 Å². The maximum Gasteiger partial charge on any atom is 0.471 e. The molecule has 27 heavy (non-hydrogen) atoms. The molecule has 11 heteroatoms. The molecule has 3 aromatic heterocycles. The number of carbonyl (C=O) groups excluding carboxylic acids is 1. The molecule has 1 N–H and O–H groups in total. The molecule has 0 spiro atoms. The molecule has 6 nitrogen and oxygen atoms in total. The van der Waals surface area contributed by atoms with Crippen molar-refractivity contribution in [3.63, 3.8) is 0 Å². The van der Waals surface area contributed by atoms with E-state index in [0.717, 1.165) is 10.4 Å². The number of thiophene rings is 1. The van der Waals surface area contributed by atoms with Gasteiger partial charge in [0.05, 0.1) is 17.8 Å². The number of nitrogens with zero attached hydrogens (tertiary/aromatic N) is 4. The van der Waals surface area contributed by atoms with E-state index in [1.165, 1.54) is 17.7 Å². The van der Waals surface area contributed by atoms with E-state index in [0.29, 0.717) is 16.7 Å². The van der Waals surface area contributed by atoms with Crippen molar-refractivity contribution in [2.45, 2.75) is 19.6 Å². The van der Waals surface area contributed by atoms with Crippen LogP contribution in [0.4, 0.5) is 18.9 Å². The molecule has 1 amide bonds. The third-order valence-electron chi connectivity index (χ3n) is 3.83. The van der Waals surface area contributed by atoms with Gasteiger partial charge in [-0.3, -0.25) is 4.79 Å². The summed E-state index contributed by atoms with van der Waals surface area (Å²) in [7, 11) is 0. The average molecular weight is 414 g/mol. The highest BCUT2D eigenvalue weighted by atomic mass is 35.5. The number of nitrogens with one attached hydrogen (secondary N) is 1. The van der Waals surface area contributed by atoms with Crippen LogP contribution in [0.5, 0.6) is 0 Å². The van der Waals surface area contributed by atoms with Gasteiger partial charge in [0.2, 0.25) is 5.69 Å². The Balaban J connectivity index is 2.11. The van der Waals surface area contributed by atoms with Crippen LogP contribution in [0.1, 0.15) is 5.56 Å². The number of fused-ring (bicyclic) bond motifs is 1. The highest BCUT2D eigenvalue weighted by Crippen LogP contribution is 2.43. The lowest BCUT2D eigenvalue weighted by Gasteiger charge is -2.13. The molecular formula is C16H11ClF3N5OS. The third-order valence-corrected chi connectivity index (χ3v) is 5.13. The Morgan fingerprint density at radius 1 is 1.44 bits per heavy atom. The first-order valence-corrected chi connectivity index (χ1v) is 8.81. The zero-order valence-electron chi connectivity index (χ0n) is 13.8. The van der Waals surface area contributed by atoms with Crippen LogP contribution in [-0.4, -0.2) is 33.2 Å². The monoisotopic (exact) mass is 413 g/mol. The minimum absolute atomic E-state index is 0.0341. The summed E-state index contributed by atoms with van der Waals surface area (Å²) in [5.74, 6) is -2.03. The molecule has 0 aromatic carbocycles. The Morgan fingerprint density at radius 2 is 2.19 bits per heavy atom. The van der Waals surface area contributed by atoms with Crippen molar-refractivity contribution in [3.05, 3.63) is 39.9 Å². The van der Waals surface area contributed by atoms with Gasteiger partial charge in [-0.1, -0.05) is 11.6 Å². The van der Waals surface area contributed by atoms with E-state index >= 15 is 0 Å². The van der Waals surface area contributed by atoms with E-state index in [4.69, 9.17) is 18.2 Å². The topological polar surface area (TPSA) is 64.2 Å². The van der Waals surface area contributed by atoms with Gasteiger partial charge < -0.3 is 9.88 Å². The van der Waals surface area contributed by atoms with Gasteiger partial charge >= 0.3 is 12.1 Å². The van der Waals surface area contributed by atoms with Crippen molar-refractivity contribution in [2.75, 3.05) is 6.54 Å². The second-order valence-electron chi connectivity index (χ2n) is 5.51. The number of rotatable bonds is 4. The zero-order chi connectivity index (χ0) is 19.8. The van der Waals surface area contributed by atoms with Gasteiger partial charge in [0.25, 0.3) is 0 Å². The number of aromatic nitrogens is 3. The summed E-state index contributed by atoms with van der Waals surface area (Å²) in [5.41, 5.74) is 2.29. The van der Waals surface area contributed by atoms with Crippen LogP contribution in [0.3, 0.4) is 0 Å². The molecule has 0 aliphatic rings. The summed E-state index contributed by atoms with van der Waals surface area (Å²) in [6.07, 6.45) is -3.74. The van der Waals surface area contributed by atoms with Crippen molar-refractivity contribution in [1.82, 2.24) is 19.9 Å². The van der Waals surface area contributed by atoms with Crippen molar-refractivity contribution >= 4 is 45.6 Å². The predicted octanol–water partition coefficient (Wildman–Crippen LogP) is 4.35. The fourth-order valence-corrected chi connectivity index (χ4v) is 3.89. The van der Waals surface area contributed by atoms with Crippen LogP contribution < -0.4 is 5.32 Å². The summed E-state index contributed by atoms with van der Waals surface area (Å²) in [6, 6.07) is 1.87. The minimum Gasteiger partial charge on any atom is -0.346 e. The number of halogens is 4. The molecule has 0 saturated heterocycles. The van der Waals surface area contributed by atoms with Crippen molar-refractivity contribution in [1.29, 1.82) is 0 Å². The molecule has 3 rings (SSSR count). The number of hydrogen-bond acceptors (Lipinski definition) is 4. The van der Waals surface area contributed by atoms with Gasteiger partial charge in [-0.05, 0) is 23.9 Å². The van der Waals surface area contributed by atoms with Gasteiger partial charge in [-0.15, -0.1) is 11.3 Å². The third kappa shape index (κ3) is 3.48. The van der Waals surface area contributed by atoms with Gasteiger partial charge in [-0.25, -0.2) is 14.8 Å². The number of carbonyl (C=O) groups is 1. The van der Waals surface area contributed by atoms with E-state index < -0.39 is 12.1 Å². The number of amides is 1.